The van der Waals surface area contributed by atoms with Crippen LogP contribution in [-0.2, 0) is 0 Å². The Bertz CT molecular complexity index is 1960. The average molecular weight is 657 g/mol. The number of rotatable bonds is 4. The van der Waals surface area contributed by atoms with Gasteiger partial charge in [-0.15, -0.1) is 11.3 Å². The number of nitrogens with zero attached hydrogens (tertiary/aromatic N) is 5. The number of anilines is 2. The normalized spacial score (nSPS) is 27.4. The number of aromatic nitrogens is 2. The molecular formula is C31H28ClF3N6O3S. The van der Waals surface area contributed by atoms with E-state index in [1.54, 1.807) is 7.05 Å². The van der Waals surface area contributed by atoms with E-state index in [1.165, 1.54) is 12.1 Å². The number of ether oxygens (including phenoxy) is 2. The lowest BCUT2D eigenvalue weighted by atomic mass is 9.77. The molecule has 4 aliphatic rings. The van der Waals surface area contributed by atoms with Gasteiger partial charge in [0.2, 0.25) is 0 Å². The lowest BCUT2D eigenvalue weighted by molar-refractivity contribution is -0.0866. The zero-order chi connectivity index (χ0) is 31.4. The van der Waals surface area contributed by atoms with Gasteiger partial charge in [-0.1, -0.05) is 17.7 Å². The van der Waals surface area contributed by atoms with E-state index >= 15 is 4.39 Å². The average Bonchev–Trinajstić information content (AvgIpc) is 3.60. The molecule has 45 heavy (non-hydrogen) atoms. The third kappa shape index (κ3) is 4.19. The third-order valence-electron chi connectivity index (χ3n) is 9.79. The maximum absolute atomic E-state index is 17.0. The number of halogens is 4. The summed E-state index contributed by atoms with van der Waals surface area (Å²) in [7, 11) is 1.79. The second-order valence-electron chi connectivity index (χ2n) is 12.7. The number of hydrogen-bond donors (Lipinski definition) is 2. The minimum absolute atomic E-state index is 0.0145. The standard InChI is InChI=1S/C31H28ClF3N6O3S/c1-40-12-31(8-15(42)9-31)44-25-21-24(38-29(39-28(21)40)43-13-30-5-2-6-41(30)11-14(33)7-30)23(35)20(22(25)32)16-3-4-18(34)26-19(16)17(10-36)27(37)45-26/h3-4,14-15,42H,2,5-9,11-13,37H2,1H3/t14-,15?,30+,31?/m1/s1. The van der Waals surface area contributed by atoms with Crippen molar-refractivity contribution >= 4 is 54.7 Å². The van der Waals surface area contributed by atoms with Crippen LogP contribution in [0, 0.1) is 23.0 Å². The fourth-order valence-corrected chi connectivity index (χ4v) is 9.10. The lowest BCUT2D eigenvalue weighted by Crippen LogP contribution is -2.57. The first-order chi connectivity index (χ1) is 21.5. The smallest absolute Gasteiger partial charge is 0.319 e. The topological polar surface area (TPSA) is 121 Å². The van der Waals surface area contributed by atoms with E-state index in [2.05, 4.69) is 14.9 Å². The van der Waals surface area contributed by atoms with Crippen LogP contribution in [0.3, 0.4) is 0 Å². The Hall–Kier alpha value is -3.57. The van der Waals surface area contributed by atoms with Gasteiger partial charge < -0.3 is 25.2 Å². The molecule has 1 aliphatic carbocycles. The van der Waals surface area contributed by atoms with Gasteiger partial charge in [-0.3, -0.25) is 4.90 Å². The van der Waals surface area contributed by atoms with Gasteiger partial charge >= 0.3 is 6.01 Å². The van der Waals surface area contributed by atoms with Gasteiger partial charge in [-0.05, 0) is 31.0 Å². The highest BCUT2D eigenvalue weighted by Crippen LogP contribution is 2.53. The van der Waals surface area contributed by atoms with Gasteiger partial charge in [0.1, 0.15) is 46.6 Å². The van der Waals surface area contributed by atoms with Crippen LogP contribution in [0.15, 0.2) is 12.1 Å². The number of nitrogens with two attached hydrogens (primary N) is 1. The zero-order valence-corrected chi connectivity index (χ0v) is 25.7. The Morgan fingerprint density at radius 2 is 2.07 bits per heavy atom. The second kappa shape index (κ2) is 9.96. The molecule has 0 amide bonds. The highest BCUT2D eigenvalue weighted by molar-refractivity contribution is 7.23. The van der Waals surface area contributed by atoms with Gasteiger partial charge in [-0.25, -0.2) is 13.2 Å². The van der Waals surface area contributed by atoms with Crippen LogP contribution in [0.1, 0.15) is 37.7 Å². The van der Waals surface area contributed by atoms with Gasteiger partial charge in [0.25, 0.3) is 0 Å². The van der Waals surface area contributed by atoms with Crippen LogP contribution < -0.4 is 20.1 Å². The van der Waals surface area contributed by atoms with Crippen molar-refractivity contribution < 1.29 is 27.8 Å². The van der Waals surface area contributed by atoms with Crippen LogP contribution >= 0.6 is 22.9 Å². The number of aliphatic hydroxyl groups excluding tert-OH is 1. The van der Waals surface area contributed by atoms with E-state index in [0.717, 1.165) is 30.7 Å². The Labute approximate surface area is 264 Å². The van der Waals surface area contributed by atoms with Crippen molar-refractivity contribution in [3.8, 4) is 29.0 Å². The van der Waals surface area contributed by atoms with Crippen molar-refractivity contribution in [3.05, 3.63) is 34.4 Å². The van der Waals surface area contributed by atoms with Crippen molar-refractivity contribution in [1.29, 1.82) is 5.26 Å². The first-order valence-corrected chi connectivity index (χ1v) is 16.0. The maximum atomic E-state index is 17.0. The summed E-state index contributed by atoms with van der Waals surface area (Å²) in [5, 5.41) is 20.5. The van der Waals surface area contributed by atoms with Crippen molar-refractivity contribution in [2.45, 2.75) is 55.5 Å². The summed E-state index contributed by atoms with van der Waals surface area (Å²) in [4.78, 5) is 13.1. The van der Waals surface area contributed by atoms with E-state index in [9.17, 15) is 19.1 Å². The van der Waals surface area contributed by atoms with Crippen LogP contribution in [0.2, 0.25) is 5.02 Å². The molecule has 3 aliphatic heterocycles. The number of benzene rings is 2. The predicted octanol–water partition coefficient (Wildman–Crippen LogP) is 5.57. The second-order valence-corrected chi connectivity index (χ2v) is 14.1. The highest BCUT2D eigenvalue weighted by atomic mass is 35.5. The molecule has 2 atom stereocenters. The number of nitriles is 1. The summed E-state index contributed by atoms with van der Waals surface area (Å²) < 4.78 is 59.2. The molecule has 1 saturated carbocycles. The highest BCUT2D eigenvalue weighted by Gasteiger charge is 2.51. The molecule has 0 radical (unpaired) electrons. The molecule has 2 aromatic carbocycles. The first-order valence-electron chi connectivity index (χ1n) is 14.8. The summed E-state index contributed by atoms with van der Waals surface area (Å²) in [5.74, 6) is -0.990. The van der Waals surface area contributed by atoms with E-state index in [1.807, 2.05) is 11.0 Å². The molecule has 5 heterocycles. The van der Waals surface area contributed by atoms with Crippen LogP contribution in [-0.4, -0.2) is 76.7 Å². The van der Waals surface area contributed by atoms with Crippen molar-refractivity contribution in [1.82, 2.24) is 14.9 Å². The number of thiophene rings is 1. The molecule has 4 aromatic rings. The molecule has 1 spiro atoms. The van der Waals surface area contributed by atoms with E-state index in [4.69, 9.17) is 26.8 Å². The van der Waals surface area contributed by atoms with Crippen LogP contribution in [0.5, 0.6) is 11.8 Å². The summed E-state index contributed by atoms with van der Waals surface area (Å²) in [5.41, 5.74) is 4.66. The number of aliphatic hydroxyl groups is 1. The zero-order valence-electron chi connectivity index (χ0n) is 24.2. The summed E-state index contributed by atoms with van der Waals surface area (Å²) >= 11 is 7.92. The van der Waals surface area contributed by atoms with Gasteiger partial charge in [0.15, 0.2) is 11.6 Å². The Morgan fingerprint density at radius 1 is 1.27 bits per heavy atom. The van der Waals surface area contributed by atoms with Crippen molar-refractivity contribution in [2.75, 3.05) is 43.9 Å². The summed E-state index contributed by atoms with van der Waals surface area (Å²) in [6.07, 6.45) is 1.15. The molecule has 14 heteroatoms. The van der Waals surface area contributed by atoms with Crippen molar-refractivity contribution in [2.24, 2.45) is 0 Å². The molecule has 2 aromatic heterocycles. The molecule has 9 nitrogen and oxygen atoms in total. The molecule has 3 N–H and O–H groups in total. The van der Waals surface area contributed by atoms with E-state index in [-0.39, 0.29) is 66.1 Å². The fourth-order valence-electron chi connectivity index (χ4n) is 7.83. The van der Waals surface area contributed by atoms with Crippen LogP contribution in [0.25, 0.3) is 32.1 Å². The SMILES string of the molecule is CN1CC2(CC(O)C2)Oc2c(Cl)c(-c3ccc(F)c4sc(N)c(C#N)c34)c(F)c3nc(OC[C@@]45CCCN4C[C@H](F)C5)nc1c23. The Morgan fingerprint density at radius 3 is 2.82 bits per heavy atom. The van der Waals surface area contributed by atoms with Crippen molar-refractivity contribution in [3.63, 3.8) is 0 Å². The summed E-state index contributed by atoms with van der Waals surface area (Å²) in [6.45, 7) is 1.59. The summed E-state index contributed by atoms with van der Waals surface area (Å²) in [6, 6.07) is 4.47. The Balaban J connectivity index is 1.35. The molecule has 0 unspecified atom stereocenters. The van der Waals surface area contributed by atoms with E-state index < -0.39 is 35.1 Å². The number of fused-ring (bicyclic) bond motifs is 2. The molecule has 8 rings (SSSR count). The van der Waals surface area contributed by atoms with Gasteiger partial charge in [-0.2, -0.15) is 15.2 Å². The minimum Gasteiger partial charge on any atom is -0.483 e. The fraction of sp³-hybridized carbons (Fsp3) is 0.452. The quantitative estimate of drug-likeness (QED) is 0.290. The predicted molar refractivity (Wildman–Crippen MR) is 165 cm³/mol. The third-order valence-corrected chi connectivity index (χ3v) is 11.2. The number of nitrogen functional groups attached to an aromatic ring is 1. The van der Waals surface area contributed by atoms with Gasteiger partial charge in [0, 0.05) is 43.8 Å². The Kier molecular flexibility index (Phi) is 6.39. The maximum Gasteiger partial charge on any atom is 0.319 e. The molecule has 234 valence electrons. The van der Waals surface area contributed by atoms with Crippen LogP contribution in [0.4, 0.5) is 24.0 Å². The minimum atomic E-state index is -0.949. The number of alkyl halides is 1. The number of hydrogen-bond acceptors (Lipinski definition) is 10. The molecule has 0 bridgehead atoms. The molecule has 2 saturated heterocycles. The molecular weight excluding hydrogens is 629 g/mol. The lowest BCUT2D eigenvalue weighted by Gasteiger charge is -2.45. The first kappa shape index (κ1) is 28.9. The molecule has 3 fully saturated rings. The van der Waals surface area contributed by atoms with E-state index in [0.29, 0.717) is 38.2 Å². The number of likely N-dealkylation sites (N-methyl/N-ethyl adjacent to an activating group) is 1. The monoisotopic (exact) mass is 656 g/mol. The van der Waals surface area contributed by atoms with Gasteiger partial charge in [0.05, 0.1) is 38.9 Å². The largest absolute Gasteiger partial charge is 0.483 e.